The van der Waals surface area contributed by atoms with Gasteiger partial charge in [0.15, 0.2) is 0 Å². The molecule has 0 N–H and O–H groups in total. The van der Waals surface area contributed by atoms with Gasteiger partial charge in [-0.1, -0.05) is 30.3 Å². The van der Waals surface area contributed by atoms with Gasteiger partial charge in [0.1, 0.15) is 0 Å². The summed E-state index contributed by atoms with van der Waals surface area (Å²) in [7, 11) is 0. The third kappa shape index (κ3) is 1.88. The molecule has 0 aliphatic carbocycles. The molecule has 1 nitrogen and oxygen atoms in total. The monoisotopic (exact) mass is 232 g/mol. The van der Waals surface area contributed by atoms with Gasteiger partial charge in [-0.2, -0.15) is 0 Å². The average molecular weight is 232 g/mol. The molecule has 3 aromatic rings. The molecule has 0 aliphatic heterocycles. The summed E-state index contributed by atoms with van der Waals surface area (Å²) in [6, 6.07) is 19.8. The van der Waals surface area contributed by atoms with Gasteiger partial charge in [-0.3, -0.25) is 0 Å². The minimum Gasteiger partial charge on any atom is -0.248 e. The van der Waals surface area contributed by atoms with Crippen molar-refractivity contribution in [1.82, 2.24) is 4.98 Å². The Labute approximate surface area is 107 Å². The van der Waals surface area contributed by atoms with Crippen LogP contribution in [-0.4, -0.2) is 4.98 Å². The Morgan fingerprint density at radius 1 is 0.944 bits per heavy atom. The molecule has 2 aromatic carbocycles. The maximum Gasteiger partial charge on any atom is 0.0716 e. The number of hydrogen-bond donors (Lipinski definition) is 0. The number of nitrogens with zero attached hydrogens (tertiary/aromatic N) is 1. The second kappa shape index (κ2) is 4.26. The molecule has 0 saturated carbocycles. The fraction of sp³-hybridized carbons (Fsp3) is 0.118. The Kier molecular flexibility index (Phi) is 2.60. The smallest absolute Gasteiger partial charge is 0.0716 e. The molecule has 0 unspecified atom stereocenters. The first-order valence-electron chi connectivity index (χ1n) is 6.09. The van der Waals surface area contributed by atoms with E-state index in [4.69, 9.17) is 0 Å². The van der Waals surface area contributed by atoms with E-state index in [-0.39, 0.29) is 0 Å². The van der Waals surface area contributed by atoms with E-state index in [1.165, 1.54) is 11.1 Å². The van der Waals surface area contributed by atoms with E-state index in [9.17, 15) is 0 Å². The Morgan fingerprint density at radius 2 is 1.78 bits per heavy atom. The van der Waals surface area contributed by atoms with E-state index in [0.29, 0.717) is 0 Å². The highest BCUT2D eigenvalue weighted by molar-refractivity contribution is 5.80. The highest BCUT2D eigenvalue weighted by atomic mass is 14.7. The highest BCUT2D eigenvalue weighted by Gasteiger charge is 2.02. The van der Waals surface area contributed by atoms with E-state index in [1.54, 1.807) is 0 Å². The molecular weight excluding hydrogens is 218 g/mol. The number of fused-ring (bicyclic) bond motifs is 1. The second-order valence-corrected chi connectivity index (χ2v) is 4.60. The van der Waals surface area contributed by atoms with Gasteiger partial charge in [-0.25, -0.2) is 4.98 Å². The van der Waals surface area contributed by atoms with Crippen LogP contribution >= 0.6 is 0 Å². The average Bonchev–Trinajstić information content (AvgIpc) is 2.41. The molecule has 0 bridgehead atoms. The second-order valence-electron chi connectivity index (χ2n) is 4.60. The number of benzene rings is 2. The van der Waals surface area contributed by atoms with Crippen LogP contribution in [0.15, 0.2) is 48.5 Å². The molecule has 0 saturated heterocycles. The van der Waals surface area contributed by atoms with Gasteiger partial charge in [0, 0.05) is 10.9 Å². The predicted octanol–water partition coefficient (Wildman–Crippen LogP) is 4.32. The largest absolute Gasteiger partial charge is 0.248 e. The lowest BCUT2D eigenvalue weighted by atomic mass is 10.0. The van der Waals surface area contributed by atoms with Gasteiger partial charge in [0.05, 0.1) is 11.2 Å². The minimum absolute atomic E-state index is 0.983. The van der Waals surface area contributed by atoms with Crippen LogP contribution in [0.4, 0.5) is 0 Å². The minimum atomic E-state index is 0.983. The molecule has 87 valence electrons. The van der Waals surface area contributed by atoms with Crippen molar-refractivity contribution in [3.63, 3.8) is 0 Å². The predicted molar refractivity (Wildman–Crippen MR) is 75.5 cm³/mol. The number of aryl methyl sites for hydroxylation is 2. The topological polar surface area (TPSA) is 12.9 Å². The summed E-state index contributed by atoms with van der Waals surface area (Å²) in [5.41, 5.74) is 5.73. The molecule has 0 fully saturated rings. The Morgan fingerprint density at radius 3 is 2.61 bits per heavy atom. The molecule has 0 aliphatic rings. The number of para-hydroxylation sites is 1. The van der Waals surface area contributed by atoms with Crippen molar-refractivity contribution in [3.05, 3.63) is 65.7 Å². The van der Waals surface area contributed by atoms with Crippen LogP contribution in [0.2, 0.25) is 0 Å². The third-order valence-electron chi connectivity index (χ3n) is 3.31. The lowest BCUT2D eigenvalue weighted by molar-refractivity contribution is 1.32. The van der Waals surface area contributed by atoms with Crippen molar-refractivity contribution >= 4 is 10.9 Å². The van der Waals surface area contributed by atoms with E-state index < -0.39 is 0 Å². The summed E-state index contributed by atoms with van der Waals surface area (Å²) in [4.78, 5) is 4.68. The molecule has 3 rings (SSSR count). The zero-order valence-electron chi connectivity index (χ0n) is 10.6. The first-order chi connectivity index (χ1) is 8.74. The Bertz CT molecular complexity index is 714. The van der Waals surface area contributed by atoms with E-state index >= 15 is 0 Å². The van der Waals surface area contributed by atoms with Crippen LogP contribution in [0.1, 0.15) is 11.1 Å². The first-order valence-corrected chi connectivity index (χ1v) is 6.09. The summed E-state index contributed by atoms with van der Waals surface area (Å²) in [5, 5.41) is 1.06. The molecule has 0 amide bonds. The van der Waals surface area contributed by atoms with Gasteiger partial charge in [-0.05, 0) is 49.2 Å². The molecule has 1 aromatic heterocycles. The van der Waals surface area contributed by atoms with E-state index in [1.807, 2.05) is 30.3 Å². The number of aromatic nitrogens is 1. The Hall–Kier alpha value is -2.15. The summed E-state index contributed by atoms with van der Waals surface area (Å²) >= 11 is 0. The third-order valence-corrected chi connectivity index (χ3v) is 3.31. The van der Waals surface area contributed by atoms with Crippen molar-refractivity contribution in [1.29, 1.82) is 0 Å². The van der Waals surface area contributed by atoms with Crippen molar-refractivity contribution in [2.24, 2.45) is 0 Å². The molecular formula is C17H14N. The van der Waals surface area contributed by atoms with Crippen molar-refractivity contribution in [3.8, 4) is 11.3 Å². The van der Waals surface area contributed by atoms with Crippen LogP contribution < -0.4 is 0 Å². The van der Waals surface area contributed by atoms with E-state index in [0.717, 1.165) is 22.2 Å². The van der Waals surface area contributed by atoms with Gasteiger partial charge >= 0.3 is 0 Å². The summed E-state index contributed by atoms with van der Waals surface area (Å²) in [6.45, 7) is 4.25. The quantitative estimate of drug-likeness (QED) is 0.609. The van der Waals surface area contributed by atoms with Gasteiger partial charge in [-0.15, -0.1) is 0 Å². The standard InChI is InChI=1S/C17H14N/c1-12-7-8-15(11-13(12)2)17-10-9-14-5-3-4-6-16(14)18-17/h3-8,10-11H,1-2H3. The lowest BCUT2D eigenvalue weighted by Crippen LogP contribution is -1.87. The fourth-order valence-corrected chi connectivity index (χ4v) is 2.05. The highest BCUT2D eigenvalue weighted by Crippen LogP contribution is 2.22. The first kappa shape index (κ1) is 11.0. The lowest BCUT2D eigenvalue weighted by Gasteiger charge is -2.06. The van der Waals surface area contributed by atoms with Crippen LogP contribution in [0.3, 0.4) is 0 Å². The molecule has 1 heteroatoms. The van der Waals surface area contributed by atoms with Crippen LogP contribution in [-0.2, 0) is 0 Å². The summed E-state index contributed by atoms with van der Waals surface area (Å²) < 4.78 is 0. The Balaban J connectivity index is 2.16. The van der Waals surface area contributed by atoms with Gasteiger partial charge in [0.2, 0.25) is 0 Å². The van der Waals surface area contributed by atoms with Crippen LogP contribution in [0, 0.1) is 19.9 Å². The van der Waals surface area contributed by atoms with Crippen molar-refractivity contribution in [2.75, 3.05) is 0 Å². The molecule has 0 spiro atoms. The van der Waals surface area contributed by atoms with Gasteiger partial charge in [0.25, 0.3) is 0 Å². The molecule has 0 atom stereocenters. The SMILES string of the molecule is Cc1ccc(-c2c[c]c3ccccc3n2)cc1C. The molecule has 1 radical (unpaired) electrons. The fourth-order valence-electron chi connectivity index (χ4n) is 2.05. The van der Waals surface area contributed by atoms with Crippen molar-refractivity contribution < 1.29 is 0 Å². The van der Waals surface area contributed by atoms with Crippen LogP contribution in [0.5, 0.6) is 0 Å². The van der Waals surface area contributed by atoms with Crippen molar-refractivity contribution in [2.45, 2.75) is 13.8 Å². The number of rotatable bonds is 1. The summed E-state index contributed by atoms with van der Waals surface area (Å²) in [5.74, 6) is 0. The zero-order chi connectivity index (χ0) is 12.5. The maximum absolute atomic E-state index is 4.68. The van der Waals surface area contributed by atoms with E-state index in [2.05, 4.69) is 43.1 Å². The maximum atomic E-state index is 4.68. The van der Waals surface area contributed by atoms with Gasteiger partial charge < -0.3 is 0 Å². The normalized spacial score (nSPS) is 10.8. The zero-order valence-corrected chi connectivity index (χ0v) is 10.6. The molecule has 1 heterocycles. The summed E-state index contributed by atoms with van der Waals surface area (Å²) in [6.07, 6.45) is 0. The number of hydrogen-bond acceptors (Lipinski definition) is 1. The molecule has 18 heavy (non-hydrogen) atoms. The number of pyridine rings is 1. The van der Waals surface area contributed by atoms with Crippen LogP contribution in [0.25, 0.3) is 22.2 Å².